The average Bonchev–Trinajstić information content (AvgIpc) is 2.51. The van der Waals surface area contributed by atoms with E-state index < -0.39 is 0 Å². The molecule has 0 aliphatic heterocycles. The highest BCUT2D eigenvalue weighted by Gasteiger charge is 2.13. The molecule has 1 aromatic heterocycles. The second-order valence-electron chi connectivity index (χ2n) is 3.25. The molecule has 1 unspecified atom stereocenters. The molecule has 12 heavy (non-hydrogen) atoms. The van der Waals surface area contributed by atoms with Crippen molar-refractivity contribution in [2.24, 2.45) is 11.8 Å². The summed E-state index contributed by atoms with van der Waals surface area (Å²) in [6, 6.07) is 0. The van der Waals surface area contributed by atoms with Crippen molar-refractivity contribution in [3.63, 3.8) is 0 Å². The molecule has 0 saturated heterocycles. The van der Waals surface area contributed by atoms with Crippen LogP contribution < -0.4 is 0 Å². The van der Waals surface area contributed by atoms with Crippen molar-refractivity contribution in [1.82, 2.24) is 9.59 Å². The third kappa shape index (κ3) is 2.83. The Morgan fingerprint density at radius 2 is 2.33 bits per heavy atom. The first-order chi connectivity index (χ1) is 5.74. The molecule has 2 nitrogen and oxygen atoms in total. The van der Waals surface area contributed by atoms with Gasteiger partial charge in [0, 0.05) is 10.2 Å². The van der Waals surface area contributed by atoms with Crippen molar-refractivity contribution in [1.29, 1.82) is 0 Å². The van der Waals surface area contributed by atoms with Crippen LogP contribution in [0.1, 0.15) is 18.7 Å². The Hall–Kier alpha value is 0.0400. The molecule has 1 rings (SSSR count). The first kappa shape index (κ1) is 10.1. The van der Waals surface area contributed by atoms with E-state index in [1.165, 1.54) is 16.4 Å². The topological polar surface area (TPSA) is 25.8 Å². The lowest BCUT2D eigenvalue weighted by Crippen LogP contribution is -2.12. The third-order valence-electron chi connectivity index (χ3n) is 2.01. The summed E-state index contributed by atoms with van der Waals surface area (Å²) in [5, 5.41) is 4.88. The zero-order chi connectivity index (χ0) is 8.97. The minimum Gasteiger partial charge on any atom is -0.146 e. The van der Waals surface area contributed by atoms with E-state index in [1.807, 2.05) is 6.20 Å². The number of hydrogen-bond donors (Lipinski definition) is 0. The summed E-state index contributed by atoms with van der Waals surface area (Å²) in [4.78, 5) is 1.29. The number of halogens is 1. The van der Waals surface area contributed by atoms with Gasteiger partial charge < -0.3 is 0 Å². The maximum absolute atomic E-state index is 3.85. The van der Waals surface area contributed by atoms with Gasteiger partial charge in [0.2, 0.25) is 0 Å². The molecule has 4 heteroatoms. The normalized spacial score (nSPS) is 13.7. The van der Waals surface area contributed by atoms with Gasteiger partial charge in [0.15, 0.2) is 0 Å². The van der Waals surface area contributed by atoms with E-state index in [-0.39, 0.29) is 0 Å². The summed E-state index contributed by atoms with van der Waals surface area (Å²) in [6.45, 7) is 4.50. The molecule has 0 radical (unpaired) electrons. The van der Waals surface area contributed by atoms with Crippen LogP contribution in [-0.2, 0) is 6.42 Å². The molecule has 0 aromatic carbocycles. The van der Waals surface area contributed by atoms with Crippen LogP contribution in [0.5, 0.6) is 0 Å². The molecule has 0 fully saturated rings. The first-order valence-corrected chi connectivity index (χ1v) is 5.95. The lowest BCUT2D eigenvalue weighted by atomic mass is 9.94. The van der Waals surface area contributed by atoms with Gasteiger partial charge >= 0.3 is 0 Å². The Balaban J connectivity index is 2.48. The minimum atomic E-state index is 0.701. The molecular formula is C8H13BrN2S. The van der Waals surface area contributed by atoms with Crippen molar-refractivity contribution >= 4 is 27.5 Å². The molecule has 1 atom stereocenters. The van der Waals surface area contributed by atoms with Crippen LogP contribution in [0.25, 0.3) is 0 Å². The van der Waals surface area contributed by atoms with Gasteiger partial charge in [-0.15, -0.1) is 5.10 Å². The first-order valence-electron chi connectivity index (χ1n) is 4.06. The van der Waals surface area contributed by atoms with Crippen molar-refractivity contribution in [2.75, 3.05) is 5.33 Å². The van der Waals surface area contributed by atoms with Crippen molar-refractivity contribution in [3.05, 3.63) is 11.1 Å². The molecule has 1 heterocycles. The van der Waals surface area contributed by atoms with Gasteiger partial charge in [-0.25, -0.2) is 0 Å². The average molecular weight is 249 g/mol. The van der Waals surface area contributed by atoms with E-state index >= 15 is 0 Å². The number of hydrogen-bond acceptors (Lipinski definition) is 3. The molecule has 0 spiro atoms. The smallest absolute Gasteiger partial charge is 0.0653 e. The molecule has 0 aliphatic carbocycles. The Morgan fingerprint density at radius 3 is 2.75 bits per heavy atom. The second kappa shape index (κ2) is 4.92. The summed E-state index contributed by atoms with van der Waals surface area (Å²) >= 11 is 5.03. The van der Waals surface area contributed by atoms with E-state index in [9.17, 15) is 0 Å². The van der Waals surface area contributed by atoms with Gasteiger partial charge in [0.05, 0.1) is 6.20 Å². The highest BCUT2D eigenvalue weighted by Crippen LogP contribution is 2.20. The summed E-state index contributed by atoms with van der Waals surface area (Å²) in [7, 11) is 0. The predicted molar refractivity (Wildman–Crippen MR) is 55.7 cm³/mol. The lowest BCUT2D eigenvalue weighted by Gasteiger charge is -2.16. The Bertz CT molecular complexity index is 211. The molecule has 0 N–H and O–H groups in total. The zero-order valence-electron chi connectivity index (χ0n) is 7.33. The van der Waals surface area contributed by atoms with E-state index in [0.29, 0.717) is 11.8 Å². The van der Waals surface area contributed by atoms with Crippen molar-refractivity contribution < 1.29 is 0 Å². The number of rotatable bonds is 4. The summed E-state index contributed by atoms with van der Waals surface area (Å²) < 4.78 is 3.85. The van der Waals surface area contributed by atoms with Crippen LogP contribution in [-0.4, -0.2) is 14.9 Å². The van der Waals surface area contributed by atoms with Gasteiger partial charge in [0.1, 0.15) is 0 Å². The maximum atomic E-state index is 3.85. The SMILES string of the molecule is CC(C)C(CBr)Cc1cnns1. The molecule has 0 saturated carbocycles. The Morgan fingerprint density at radius 1 is 1.58 bits per heavy atom. The van der Waals surface area contributed by atoms with Crippen LogP contribution in [0, 0.1) is 11.8 Å². The van der Waals surface area contributed by atoms with Gasteiger partial charge in [-0.1, -0.05) is 34.3 Å². The largest absolute Gasteiger partial charge is 0.146 e. The van der Waals surface area contributed by atoms with Crippen LogP contribution in [0.4, 0.5) is 0 Å². The predicted octanol–water partition coefficient (Wildman–Crippen LogP) is 2.75. The molecule has 1 aromatic rings. The van der Waals surface area contributed by atoms with E-state index in [1.54, 1.807) is 0 Å². The van der Waals surface area contributed by atoms with E-state index in [0.717, 1.165) is 11.8 Å². The molecule has 0 bridgehead atoms. The number of nitrogens with zero attached hydrogens (tertiary/aromatic N) is 2. The molecule has 0 amide bonds. The second-order valence-corrected chi connectivity index (χ2v) is 4.76. The Labute approximate surface area is 85.7 Å². The Kier molecular flexibility index (Phi) is 4.15. The summed E-state index contributed by atoms with van der Waals surface area (Å²) in [5.74, 6) is 1.42. The van der Waals surface area contributed by atoms with Gasteiger partial charge in [-0.3, -0.25) is 0 Å². The fourth-order valence-electron chi connectivity index (χ4n) is 1.00. The molecule has 0 aliphatic rings. The fourth-order valence-corrected chi connectivity index (χ4v) is 2.56. The fraction of sp³-hybridized carbons (Fsp3) is 0.750. The number of aromatic nitrogens is 2. The van der Waals surface area contributed by atoms with Crippen LogP contribution in [0.2, 0.25) is 0 Å². The lowest BCUT2D eigenvalue weighted by molar-refractivity contribution is 0.429. The monoisotopic (exact) mass is 248 g/mol. The quantitative estimate of drug-likeness (QED) is 0.767. The van der Waals surface area contributed by atoms with Gasteiger partial charge in [-0.05, 0) is 29.8 Å². The van der Waals surface area contributed by atoms with Crippen LogP contribution in [0.3, 0.4) is 0 Å². The maximum Gasteiger partial charge on any atom is 0.0653 e. The standard InChI is InChI=1S/C8H13BrN2S/c1-6(2)7(4-9)3-8-5-10-11-12-8/h5-7H,3-4H2,1-2H3. The van der Waals surface area contributed by atoms with Gasteiger partial charge in [0.25, 0.3) is 0 Å². The zero-order valence-corrected chi connectivity index (χ0v) is 9.73. The highest BCUT2D eigenvalue weighted by atomic mass is 79.9. The van der Waals surface area contributed by atoms with Crippen molar-refractivity contribution in [3.8, 4) is 0 Å². The minimum absolute atomic E-state index is 0.701. The molecular weight excluding hydrogens is 236 g/mol. The third-order valence-corrected chi connectivity index (χ3v) is 3.53. The summed E-state index contributed by atoms with van der Waals surface area (Å²) in [6.07, 6.45) is 2.96. The van der Waals surface area contributed by atoms with E-state index in [4.69, 9.17) is 0 Å². The van der Waals surface area contributed by atoms with Crippen LogP contribution in [0.15, 0.2) is 6.20 Å². The molecule has 68 valence electrons. The van der Waals surface area contributed by atoms with Crippen molar-refractivity contribution in [2.45, 2.75) is 20.3 Å². The van der Waals surface area contributed by atoms with Gasteiger partial charge in [-0.2, -0.15) is 0 Å². The summed E-state index contributed by atoms with van der Waals surface area (Å²) in [5.41, 5.74) is 0. The number of alkyl halides is 1. The van der Waals surface area contributed by atoms with Crippen LogP contribution >= 0.6 is 27.5 Å². The van der Waals surface area contributed by atoms with E-state index in [2.05, 4.69) is 39.4 Å². The highest BCUT2D eigenvalue weighted by molar-refractivity contribution is 9.09.